The maximum atomic E-state index is 11.7. The normalized spacial score (nSPS) is 21.3. The van der Waals surface area contributed by atoms with Crippen molar-refractivity contribution in [1.29, 1.82) is 0 Å². The summed E-state index contributed by atoms with van der Waals surface area (Å²) in [6, 6.07) is 1.94. The van der Waals surface area contributed by atoms with Crippen molar-refractivity contribution < 1.29 is 9.53 Å². The van der Waals surface area contributed by atoms with Gasteiger partial charge in [0.05, 0.1) is 5.56 Å². The molecule has 0 aromatic carbocycles. The molecule has 0 atom stereocenters. The number of carbonyl (C=O) groups is 1. The molecule has 1 spiro atoms. The third-order valence-electron chi connectivity index (χ3n) is 4.29. The Hall–Kier alpha value is -1.42. The van der Waals surface area contributed by atoms with Gasteiger partial charge in [-0.25, -0.2) is 4.98 Å². The summed E-state index contributed by atoms with van der Waals surface area (Å²) in [6.07, 6.45) is 4.10. The molecule has 0 saturated carbocycles. The summed E-state index contributed by atoms with van der Waals surface area (Å²) < 4.78 is 5.43. The second-order valence-electron chi connectivity index (χ2n) is 5.91. The van der Waals surface area contributed by atoms with Crippen LogP contribution in [0.2, 0.25) is 0 Å². The molecule has 2 aliphatic rings. The molecular weight excluding hydrogens is 240 g/mol. The van der Waals surface area contributed by atoms with E-state index in [0.717, 1.165) is 56.1 Å². The van der Waals surface area contributed by atoms with Crippen LogP contribution in [0.3, 0.4) is 0 Å². The van der Waals surface area contributed by atoms with E-state index in [1.165, 1.54) is 0 Å². The monoisotopic (exact) mass is 260 g/mol. The van der Waals surface area contributed by atoms with Crippen molar-refractivity contribution in [3.05, 3.63) is 23.4 Å². The van der Waals surface area contributed by atoms with Gasteiger partial charge in [0.2, 0.25) is 0 Å². The Balaban J connectivity index is 1.79. The molecule has 0 amide bonds. The predicted molar refractivity (Wildman–Crippen MR) is 73.7 cm³/mol. The standard InChI is InChI=1S/C15H20N2O2/c1-11-7-13(12(2)18)14(16-8-11)17-9-15(10-17)3-5-19-6-4-15/h7-8H,3-6,9-10H2,1-2H3. The van der Waals surface area contributed by atoms with Crippen LogP contribution in [0.25, 0.3) is 0 Å². The molecule has 0 bridgehead atoms. The van der Waals surface area contributed by atoms with Gasteiger partial charge in [0.1, 0.15) is 5.82 Å². The third-order valence-corrected chi connectivity index (χ3v) is 4.29. The second kappa shape index (κ2) is 4.60. The number of ether oxygens (including phenoxy) is 1. The summed E-state index contributed by atoms with van der Waals surface area (Å²) in [6.45, 7) is 7.34. The second-order valence-corrected chi connectivity index (χ2v) is 5.91. The van der Waals surface area contributed by atoms with Crippen LogP contribution in [-0.2, 0) is 4.74 Å². The molecule has 2 aliphatic heterocycles. The van der Waals surface area contributed by atoms with Gasteiger partial charge >= 0.3 is 0 Å². The maximum absolute atomic E-state index is 11.7. The molecule has 2 saturated heterocycles. The van der Waals surface area contributed by atoms with Crippen LogP contribution in [0, 0.1) is 12.3 Å². The van der Waals surface area contributed by atoms with Gasteiger partial charge in [-0.2, -0.15) is 0 Å². The Morgan fingerprint density at radius 3 is 2.68 bits per heavy atom. The number of nitrogens with zero attached hydrogens (tertiary/aromatic N) is 2. The smallest absolute Gasteiger partial charge is 0.163 e. The Kier molecular flexibility index (Phi) is 3.05. The number of hydrogen-bond donors (Lipinski definition) is 0. The van der Waals surface area contributed by atoms with E-state index < -0.39 is 0 Å². The van der Waals surface area contributed by atoms with Crippen LogP contribution in [0.15, 0.2) is 12.3 Å². The fourth-order valence-corrected chi connectivity index (χ4v) is 3.11. The molecule has 1 aromatic rings. The molecule has 0 radical (unpaired) electrons. The lowest BCUT2D eigenvalue weighted by Crippen LogP contribution is -2.59. The summed E-state index contributed by atoms with van der Waals surface area (Å²) >= 11 is 0. The summed E-state index contributed by atoms with van der Waals surface area (Å²) in [5.74, 6) is 0.953. The zero-order valence-corrected chi connectivity index (χ0v) is 11.6. The van der Waals surface area contributed by atoms with E-state index in [2.05, 4.69) is 9.88 Å². The van der Waals surface area contributed by atoms with Crippen LogP contribution in [0.5, 0.6) is 0 Å². The lowest BCUT2D eigenvalue weighted by atomic mass is 9.73. The van der Waals surface area contributed by atoms with Crippen molar-refractivity contribution in [3.8, 4) is 0 Å². The van der Waals surface area contributed by atoms with Crippen molar-refractivity contribution in [2.45, 2.75) is 26.7 Å². The lowest BCUT2D eigenvalue weighted by molar-refractivity contribution is -0.000509. The van der Waals surface area contributed by atoms with Gasteiger partial charge in [0, 0.05) is 37.9 Å². The van der Waals surface area contributed by atoms with E-state index in [-0.39, 0.29) is 5.78 Å². The van der Waals surface area contributed by atoms with Crippen LogP contribution >= 0.6 is 0 Å². The van der Waals surface area contributed by atoms with Crippen LogP contribution < -0.4 is 4.90 Å². The topological polar surface area (TPSA) is 42.4 Å². The highest BCUT2D eigenvalue weighted by Gasteiger charge is 2.45. The minimum atomic E-state index is 0.0964. The highest BCUT2D eigenvalue weighted by Crippen LogP contribution is 2.42. The molecule has 1 aromatic heterocycles. The van der Waals surface area contributed by atoms with Gasteiger partial charge in [-0.15, -0.1) is 0 Å². The SMILES string of the molecule is CC(=O)c1cc(C)cnc1N1CC2(CCOCC2)C1. The molecule has 102 valence electrons. The predicted octanol–water partition coefficient (Wildman–Crippen LogP) is 2.21. The number of ketones is 1. The first-order valence-corrected chi connectivity index (χ1v) is 6.90. The largest absolute Gasteiger partial charge is 0.381 e. The number of carbonyl (C=O) groups excluding carboxylic acids is 1. The van der Waals surface area contributed by atoms with Crippen molar-refractivity contribution in [2.75, 3.05) is 31.2 Å². The van der Waals surface area contributed by atoms with Crippen molar-refractivity contribution >= 4 is 11.6 Å². The number of hydrogen-bond acceptors (Lipinski definition) is 4. The first kappa shape index (κ1) is 12.6. The molecule has 3 rings (SSSR count). The molecule has 3 heterocycles. The van der Waals surface area contributed by atoms with E-state index in [4.69, 9.17) is 4.74 Å². The van der Waals surface area contributed by atoms with Crippen molar-refractivity contribution in [1.82, 2.24) is 4.98 Å². The first-order chi connectivity index (χ1) is 9.10. The Labute approximate surface area is 113 Å². The van der Waals surface area contributed by atoms with Crippen molar-refractivity contribution in [2.24, 2.45) is 5.41 Å². The molecule has 0 unspecified atom stereocenters. The average Bonchev–Trinajstić information content (AvgIpc) is 2.37. The number of Topliss-reactive ketones (excluding diaryl/α,β-unsaturated/α-hetero) is 1. The lowest BCUT2D eigenvalue weighted by Gasteiger charge is -2.53. The molecule has 0 aliphatic carbocycles. The Morgan fingerprint density at radius 1 is 1.37 bits per heavy atom. The fourth-order valence-electron chi connectivity index (χ4n) is 3.11. The van der Waals surface area contributed by atoms with Crippen LogP contribution in [0.4, 0.5) is 5.82 Å². The van der Waals surface area contributed by atoms with E-state index in [0.29, 0.717) is 5.41 Å². The first-order valence-electron chi connectivity index (χ1n) is 6.90. The number of pyridine rings is 1. The van der Waals surface area contributed by atoms with E-state index >= 15 is 0 Å². The van der Waals surface area contributed by atoms with Gasteiger partial charge < -0.3 is 9.64 Å². The van der Waals surface area contributed by atoms with Gasteiger partial charge in [-0.05, 0) is 38.3 Å². The van der Waals surface area contributed by atoms with E-state index in [1.54, 1.807) is 6.92 Å². The van der Waals surface area contributed by atoms with E-state index in [1.807, 2.05) is 19.2 Å². The van der Waals surface area contributed by atoms with Gasteiger partial charge in [0.15, 0.2) is 5.78 Å². The molecular formula is C15H20N2O2. The highest BCUT2D eigenvalue weighted by atomic mass is 16.5. The van der Waals surface area contributed by atoms with Gasteiger partial charge in [-0.3, -0.25) is 4.79 Å². The Bertz CT molecular complexity index is 499. The van der Waals surface area contributed by atoms with Crippen molar-refractivity contribution in [3.63, 3.8) is 0 Å². The zero-order chi connectivity index (χ0) is 13.5. The van der Waals surface area contributed by atoms with Crippen LogP contribution in [0.1, 0.15) is 35.7 Å². The van der Waals surface area contributed by atoms with Crippen LogP contribution in [-0.4, -0.2) is 37.1 Å². The molecule has 0 N–H and O–H groups in total. The summed E-state index contributed by atoms with van der Waals surface area (Å²) in [5, 5.41) is 0. The fraction of sp³-hybridized carbons (Fsp3) is 0.600. The zero-order valence-electron chi connectivity index (χ0n) is 11.6. The molecule has 4 nitrogen and oxygen atoms in total. The summed E-state index contributed by atoms with van der Waals surface area (Å²) in [4.78, 5) is 18.5. The number of rotatable bonds is 2. The molecule has 19 heavy (non-hydrogen) atoms. The average molecular weight is 260 g/mol. The Morgan fingerprint density at radius 2 is 2.05 bits per heavy atom. The minimum absolute atomic E-state index is 0.0964. The highest BCUT2D eigenvalue weighted by molar-refractivity contribution is 5.99. The quantitative estimate of drug-likeness (QED) is 0.765. The van der Waals surface area contributed by atoms with E-state index in [9.17, 15) is 4.79 Å². The maximum Gasteiger partial charge on any atom is 0.163 e. The third kappa shape index (κ3) is 2.25. The van der Waals surface area contributed by atoms with Gasteiger partial charge in [0.25, 0.3) is 0 Å². The molecule has 2 fully saturated rings. The number of aryl methyl sites for hydroxylation is 1. The number of aromatic nitrogens is 1. The molecule has 4 heteroatoms. The van der Waals surface area contributed by atoms with Gasteiger partial charge in [-0.1, -0.05) is 0 Å². The summed E-state index contributed by atoms with van der Waals surface area (Å²) in [7, 11) is 0. The number of anilines is 1. The summed E-state index contributed by atoms with van der Waals surface area (Å²) in [5.41, 5.74) is 2.19. The minimum Gasteiger partial charge on any atom is -0.381 e.